The standard InChI is InChI=1S/C15H15N3O3/c1-8-6-9(2)17-14(12(8)15(20)21)18-11-5-3-4-10(7-11)13(16)19/h3-7H,1-2H3,(H2,16,19)(H,17,18)(H,20,21). The summed E-state index contributed by atoms with van der Waals surface area (Å²) in [4.78, 5) is 26.8. The molecule has 2 aromatic rings. The van der Waals surface area contributed by atoms with Crippen molar-refractivity contribution in [2.24, 2.45) is 5.73 Å². The molecule has 6 heteroatoms. The molecule has 4 N–H and O–H groups in total. The van der Waals surface area contributed by atoms with Gasteiger partial charge in [0.2, 0.25) is 5.91 Å². The lowest BCUT2D eigenvalue weighted by atomic mass is 10.1. The number of pyridine rings is 1. The van der Waals surface area contributed by atoms with Crippen molar-refractivity contribution in [1.29, 1.82) is 0 Å². The lowest BCUT2D eigenvalue weighted by Gasteiger charge is -2.12. The molecule has 0 spiro atoms. The number of rotatable bonds is 4. The number of nitrogens with zero attached hydrogens (tertiary/aromatic N) is 1. The molecule has 1 heterocycles. The first-order chi connectivity index (χ1) is 9.88. The van der Waals surface area contributed by atoms with E-state index in [0.29, 0.717) is 22.5 Å². The number of aromatic carboxylic acids is 1. The number of anilines is 2. The van der Waals surface area contributed by atoms with Crippen LogP contribution in [0.4, 0.5) is 11.5 Å². The van der Waals surface area contributed by atoms with Gasteiger partial charge in [0.15, 0.2) is 0 Å². The Kier molecular flexibility index (Phi) is 3.89. The first kappa shape index (κ1) is 14.5. The summed E-state index contributed by atoms with van der Waals surface area (Å²) in [6.07, 6.45) is 0. The number of carbonyl (C=O) groups is 2. The minimum absolute atomic E-state index is 0.102. The number of carboxylic acids is 1. The quantitative estimate of drug-likeness (QED) is 0.799. The van der Waals surface area contributed by atoms with Gasteiger partial charge in [0.1, 0.15) is 11.4 Å². The number of carboxylic acid groups (broad SMARTS) is 1. The van der Waals surface area contributed by atoms with Crippen molar-refractivity contribution in [1.82, 2.24) is 4.98 Å². The van der Waals surface area contributed by atoms with Crippen LogP contribution in [-0.4, -0.2) is 22.0 Å². The molecular weight excluding hydrogens is 270 g/mol. The van der Waals surface area contributed by atoms with E-state index < -0.39 is 11.9 Å². The minimum atomic E-state index is -1.06. The van der Waals surface area contributed by atoms with Gasteiger partial charge in [-0.3, -0.25) is 4.79 Å². The third-order valence-electron chi connectivity index (χ3n) is 2.97. The van der Waals surface area contributed by atoms with E-state index in [1.54, 1.807) is 44.2 Å². The summed E-state index contributed by atoms with van der Waals surface area (Å²) in [5.74, 6) is -1.37. The number of primary amides is 1. The summed E-state index contributed by atoms with van der Waals surface area (Å²) in [5.41, 5.74) is 7.52. The molecule has 0 saturated carbocycles. The van der Waals surface area contributed by atoms with Crippen LogP contribution in [0.15, 0.2) is 30.3 Å². The molecule has 0 bridgehead atoms. The van der Waals surface area contributed by atoms with Gasteiger partial charge in [0.25, 0.3) is 0 Å². The summed E-state index contributed by atoms with van der Waals surface area (Å²) in [5, 5.41) is 12.2. The number of nitrogens with one attached hydrogen (secondary N) is 1. The third-order valence-corrected chi connectivity index (χ3v) is 2.97. The van der Waals surface area contributed by atoms with Gasteiger partial charge in [-0.2, -0.15) is 0 Å². The number of carbonyl (C=O) groups excluding carboxylic acids is 1. The van der Waals surface area contributed by atoms with Gasteiger partial charge in [0.05, 0.1) is 0 Å². The summed E-state index contributed by atoms with van der Waals surface area (Å²) in [6, 6.07) is 8.20. The first-order valence-corrected chi connectivity index (χ1v) is 6.27. The van der Waals surface area contributed by atoms with Crippen LogP contribution in [0.5, 0.6) is 0 Å². The monoisotopic (exact) mass is 285 g/mol. The molecule has 0 fully saturated rings. The molecule has 2 rings (SSSR count). The Morgan fingerprint density at radius 1 is 1.24 bits per heavy atom. The van der Waals surface area contributed by atoms with E-state index in [-0.39, 0.29) is 11.4 Å². The highest BCUT2D eigenvalue weighted by Gasteiger charge is 2.16. The Bertz CT molecular complexity index is 726. The number of benzene rings is 1. The van der Waals surface area contributed by atoms with E-state index in [0.717, 1.165) is 0 Å². The number of amides is 1. The van der Waals surface area contributed by atoms with Crippen LogP contribution in [0.2, 0.25) is 0 Å². The second-order valence-corrected chi connectivity index (χ2v) is 4.68. The largest absolute Gasteiger partial charge is 0.478 e. The average molecular weight is 285 g/mol. The van der Waals surface area contributed by atoms with E-state index in [4.69, 9.17) is 5.73 Å². The molecule has 0 aliphatic carbocycles. The maximum atomic E-state index is 11.4. The Hall–Kier alpha value is -2.89. The Morgan fingerprint density at radius 3 is 2.57 bits per heavy atom. The van der Waals surface area contributed by atoms with Crippen molar-refractivity contribution in [3.63, 3.8) is 0 Å². The van der Waals surface area contributed by atoms with Crippen LogP contribution >= 0.6 is 0 Å². The van der Waals surface area contributed by atoms with Gasteiger partial charge in [-0.25, -0.2) is 9.78 Å². The van der Waals surface area contributed by atoms with E-state index in [9.17, 15) is 14.7 Å². The summed E-state index contributed by atoms with van der Waals surface area (Å²) < 4.78 is 0. The normalized spacial score (nSPS) is 10.2. The summed E-state index contributed by atoms with van der Waals surface area (Å²) in [6.45, 7) is 3.49. The van der Waals surface area contributed by atoms with Gasteiger partial charge in [-0.15, -0.1) is 0 Å². The zero-order valence-corrected chi connectivity index (χ0v) is 11.7. The predicted molar refractivity (Wildman–Crippen MR) is 78.9 cm³/mol. The lowest BCUT2D eigenvalue weighted by Crippen LogP contribution is -2.12. The second kappa shape index (κ2) is 5.62. The van der Waals surface area contributed by atoms with Gasteiger partial charge >= 0.3 is 5.97 Å². The highest BCUT2D eigenvalue weighted by molar-refractivity contribution is 5.96. The van der Waals surface area contributed by atoms with Gasteiger partial charge in [-0.05, 0) is 43.7 Å². The maximum Gasteiger partial charge on any atom is 0.339 e. The molecule has 0 atom stereocenters. The zero-order valence-electron chi connectivity index (χ0n) is 11.7. The molecule has 6 nitrogen and oxygen atoms in total. The molecule has 1 amide bonds. The molecule has 1 aromatic heterocycles. The molecule has 1 aromatic carbocycles. The van der Waals surface area contributed by atoms with Gasteiger partial charge in [-0.1, -0.05) is 6.07 Å². The Labute approximate surface area is 121 Å². The fourth-order valence-electron chi connectivity index (χ4n) is 2.08. The third kappa shape index (κ3) is 3.17. The molecule has 108 valence electrons. The van der Waals surface area contributed by atoms with Crippen molar-refractivity contribution in [2.45, 2.75) is 13.8 Å². The fraction of sp³-hybridized carbons (Fsp3) is 0.133. The van der Waals surface area contributed by atoms with Crippen molar-refractivity contribution in [2.75, 3.05) is 5.32 Å². The Balaban J connectivity index is 2.46. The number of aromatic nitrogens is 1. The van der Waals surface area contributed by atoms with E-state index in [2.05, 4.69) is 10.3 Å². The number of nitrogens with two attached hydrogens (primary N) is 1. The molecule has 0 unspecified atom stereocenters. The van der Waals surface area contributed by atoms with E-state index >= 15 is 0 Å². The first-order valence-electron chi connectivity index (χ1n) is 6.27. The van der Waals surface area contributed by atoms with Crippen LogP contribution in [0, 0.1) is 13.8 Å². The molecule has 0 saturated heterocycles. The average Bonchev–Trinajstić information content (AvgIpc) is 2.37. The van der Waals surface area contributed by atoms with Gasteiger partial charge < -0.3 is 16.2 Å². The molecule has 0 aliphatic rings. The molecule has 21 heavy (non-hydrogen) atoms. The van der Waals surface area contributed by atoms with Crippen molar-refractivity contribution in [3.05, 3.63) is 52.7 Å². The number of hydrogen-bond donors (Lipinski definition) is 3. The predicted octanol–water partition coefficient (Wildman–Crippen LogP) is 2.24. The fourth-order valence-corrected chi connectivity index (χ4v) is 2.08. The zero-order chi connectivity index (χ0) is 15.6. The van der Waals surface area contributed by atoms with Crippen molar-refractivity contribution in [3.8, 4) is 0 Å². The maximum absolute atomic E-state index is 11.4. The van der Waals surface area contributed by atoms with E-state index in [1.807, 2.05) is 0 Å². The number of aryl methyl sites for hydroxylation is 2. The van der Waals surface area contributed by atoms with Crippen LogP contribution in [0.1, 0.15) is 32.0 Å². The second-order valence-electron chi connectivity index (χ2n) is 4.68. The topological polar surface area (TPSA) is 105 Å². The molecule has 0 radical (unpaired) electrons. The van der Waals surface area contributed by atoms with Crippen LogP contribution in [0.25, 0.3) is 0 Å². The lowest BCUT2D eigenvalue weighted by molar-refractivity contribution is 0.0696. The Morgan fingerprint density at radius 2 is 1.95 bits per heavy atom. The molecular formula is C15H15N3O3. The summed E-state index contributed by atoms with van der Waals surface area (Å²) in [7, 11) is 0. The smallest absolute Gasteiger partial charge is 0.339 e. The highest BCUT2D eigenvalue weighted by Crippen LogP contribution is 2.23. The van der Waals surface area contributed by atoms with Crippen LogP contribution in [-0.2, 0) is 0 Å². The van der Waals surface area contributed by atoms with Crippen molar-refractivity contribution < 1.29 is 14.7 Å². The highest BCUT2D eigenvalue weighted by atomic mass is 16.4. The number of hydrogen-bond acceptors (Lipinski definition) is 4. The van der Waals surface area contributed by atoms with E-state index in [1.165, 1.54) is 0 Å². The van der Waals surface area contributed by atoms with Crippen molar-refractivity contribution >= 4 is 23.4 Å². The van der Waals surface area contributed by atoms with Crippen LogP contribution in [0.3, 0.4) is 0 Å². The van der Waals surface area contributed by atoms with Gasteiger partial charge in [0, 0.05) is 16.9 Å². The summed E-state index contributed by atoms with van der Waals surface area (Å²) >= 11 is 0. The molecule has 0 aliphatic heterocycles. The van der Waals surface area contributed by atoms with Crippen LogP contribution < -0.4 is 11.1 Å². The minimum Gasteiger partial charge on any atom is -0.478 e. The SMILES string of the molecule is Cc1cc(C)c(C(=O)O)c(Nc2cccc(C(N)=O)c2)n1.